The first-order valence-electron chi connectivity index (χ1n) is 10.5. The second-order valence-electron chi connectivity index (χ2n) is 10.2. The van der Waals surface area contributed by atoms with Crippen molar-refractivity contribution in [3.8, 4) is 5.75 Å². The summed E-state index contributed by atoms with van der Waals surface area (Å²) >= 11 is 0. The lowest BCUT2D eigenvalue weighted by molar-refractivity contribution is -0.119. The number of nitrogens with zero attached hydrogens (tertiary/aromatic N) is 3. The van der Waals surface area contributed by atoms with Crippen LogP contribution in [0.4, 0.5) is 0 Å². The lowest BCUT2D eigenvalue weighted by atomic mass is 9.78. The summed E-state index contributed by atoms with van der Waals surface area (Å²) in [5.41, 5.74) is 3.66. The van der Waals surface area contributed by atoms with Crippen molar-refractivity contribution in [3.63, 3.8) is 0 Å². The van der Waals surface area contributed by atoms with E-state index in [0.717, 1.165) is 22.3 Å². The fourth-order valence-corrected chi connectivity index (χ4v) is 3.76. The zero-order valence-electron chi connectivity index (χ0n) is 19.2. The van der Waals surface area contributed by atoms with Crippen LogP contribution in [-0.2, 0) is 28.7 Å². The van der Waals surface area contributed by atoms with Gasteiger partial charge in [-0.05, 0) is 51.3 Å². The number of phenolic OH excluding ortho intramolecular Hbond substituents is 1. The van der Waals surface area contributed by atoms with Gasteiger partial charge in [0.1, 0.15) is 12.3 Å². The number of fused-ring (bicyclic) bond motifs is 1. The molecule has 0 saturated carbocycles. The number of hydrogen-bond donors (Lipinski definition) is 1. The van der Waals surface area contributed by atoms with E-state index >= 15 is 0 Å². The van der Waals surface area contributed by atoms with E-state index in [1.807, 2.05) is 71.9 Å². The predicted molar refractivity (Wildman–Crippen MR) is 120 cm³/mol. The molecule has 1 heterocycles. The zero-order chi connectivity index (χ0) is 23.0. The van der Waals surface area contributed by atoms with Crippen molar-refractivity contribution < 1.29 is 14.7 Å². The molecule has 6 heteroatoms. The smallest absolute Gasteiger partial charge is 0.283 e. The van der Waals surface area contributed by atoms with Crippen LogP contribution in [0, 0.1) is 0 Å². The molecular formula is C25H31N3O3. The van der Waals surface area contributed by atoms with E-state index in [-0.39, 0.29) is 29.8 Å². The molecule has 1 aliphatic rings. The van der Waals surface area contributed by atoms with Gasteiger partial charge in [0.2, 0.25) is 0 Å². The molecule has 2 aromatic rings. The van der Waals surface area contributed by atoms with Crippen LogP contribution in [0.1, 0.15) is 74.2 Å². The minimum absolute atomic E-state index is 0.0902. The molecule has 0 saturated heterocycles. The molecule has 0 aliphatic carbocycles. The molecule has 3 rings (SSSR count). The van der Waals surface area contributed by atoms with Gasteiger partial charge in [0.05, 0.1) is 6.54 Å². The van der Waals surface area contributed by atoms with Gasteiger partial charge in [-0.15, -0.1) is 5.11 Å². The first-order chi connectivity index (χ1) is 14.4. The highest BCUT2D eigenvalue weighted by Gasteiger charge is 2.28. The SMILES string of the molecule is CC(C)(C)c1cc(CN=NC(=O)CN2Cc3ccccc3C2=O)cc(C(C)(C)C)c1O. The van der Waals surface area contributed by atoms with Crippen LogP contribution in [0.5, 0.6) is 5.75 Å². The highest BCUT2D eigenvalue weighted by atomic mass is 16.3. The number of phenols is 1. The summed E-state index contributed by atoms with van der Waals surface area (Å²) < 4.78 is 0. The van der Waals surface area contributed by atoms with Crippen molar-refractivity contribution in [1.29, 1.82) is 0 Å². The molecule has 0 aromatic heterocycles. The van der Waals surface area contributed by atoms with Crippen molar-refractivity contribution in [1.82, 2.24) is 4.90 Å². The molecule has 1 aliphatic heterocycles. The van der Waals surface area contributed by atoms with Crippen molar-refractivity contribution in [3.05, 3.63) is 64.2 Å². The summed E-state index contributed by atoms with van der Waals surface area (Å²) in [6.07, 6.45) is 0. The topological polar surface area (TPSA) is 82.3 Å². The first-order valence-corrected chi connectivity index (χ1v) is 10.5. The van der Waals surface area contributed by atoms with Crippen molar-refractivity contribution in [2.24, 2.45) is 10.2 Å². The fourth-order valence-electron chi connectivity index (χ4n) is 3.76. The van der Waals surface area contributed by atoms with Crippen LogP contribution in [0.3, 0.4) is 0 Å². The maximum atomic E-state index is 12.4. The van der Waals surface area contributed by atoms with E-state index in [4.69, 9.17) is 0 Å². The summed E-state index contributed by atoms with van der Waals surface area (Å²) in [4.78, 5) is 26.2. The van der Waals surface area contributed by atoms with Gasteiger partial charge in [-0.25, -0.2) is 0 Å². The molecule has 2 aromatic carbocycles. The van der Waals surface area contributed by atoms with Gasteiger partial charge in [0.25, 0.3) is 11.8 Å². The quantitative estimate of drug-likeness (QED) is 0.696. The monoisotopic (exact) mass is 421 g/mol. The number of azo groups is 1. The Morgan fingerprint density at radius 2 is 1.61 bits per heavy atom. The van der Waals surface area contributed by atoms with Gasteiger partial charge in [0.15, 0.2) is 0 Å². The molecular weight excluding hydrogens is 390 g/mol. The summed E-state index contributed by atoms with van der Waals surface area (Å²) in [5, 5.41) is 18.7. The molecule has 0 radical (unpaired) electrons. The number of rotatable bonds is 4. The van der Waals surface area contributed by atoms with Gasteiger partial charge < -0.3 is 10.0 Å². The van der Waals surface area contributed by atoms with Gasteiger partial charge in [-0.3, -0.25) is 9.59 Å². The highest BCUT2D eigenvalue weighted by molar-refractivity contribution is 6.00. The van der Waals surface area contributed by atoms with Gasteiger partial charge >= 0.3 is 0 Å². The third kappa shape index (κ3) is 5.01. The Bertz CT molecular complexity index is 1010. The van der Waals surface area contributed by atoms with Crippen molar-refractivity contribution in [2.45, 2.75) is 65.5 Å². The normalized spacial score (nSPS) is 14.4. The Labute approximate surface area is 184 Å². The van der Waals surface area contributed by atoms with E-state index < -0.39 is 5.91 Å². The maximum Gasteiger partial charge on any atom is 0.283 e. The molecule has 0 unspecified atom stereocenters. The Morgan fingerprint density at radius 3 is 2.16 bits per heavy atom. The highest BCUT2D eigenvalue weighted by Crippen LogP contribution is 2.39. The van der Waals surface area contributed by atoms with E-state index in [1.54, 1.807) is 6.07 Å². The molecule has 0 atom stereocenters. The maximum absolute atomic E-state index is 12.4. The molecule has 164 valence electrons. The number of benzene rings is 2. The van der Waals surface area contributed by atoms with Gasteiger partial charge in [-0.1, -0.05) is 59.7 Å². The number of hydrogen-bond acceptors (Lipinski definition) is 4. The average Bonchev–Trinajstić information content (AvgIpc) is 2.97. The van der Waals surface area contributed by atoms with Crippen molar-refractivity contribution >= 4 is 11.8 Å². The summed E-state index contributed by atoms with van der Waals surface area (Å²) in [7, 11) is 0. The van der Waals surface area contributed by atoms with E-state index in [9.17, 15) is 14.7 Å². The predicted octanol–water partition coefficient (Wildman–Crippen LogP) is 5.12. The molecule has 31 heavy (non-hydrogen) atoms. The number of amides is 2. The molecule has 0 spiro atoms. The Morgan fingerprint density at radius 1 is 1.03 bits per heavy atom. The number of carbonyl (C=O) groups excluding carboxylic acids is 2. The van der Waals surface area contributed by atoms with Crippen LogP contribution in [0.2, 0.25) is 0 Å². The largest absolute Gasteiger partial charge is 0.507 e. The van der Waals surface area contributed by atoms with E-state index in [0.29, 0.717) is 17.9 Å². The second-order valence-corrected chi connectivity index (χ2v) is 10.2. The third-order valence-corrected chi connectivity index (χ3v) is 5.44. The van der Waals surface area contributed by atoms with Crippen molar-refractivity contribution in [2.75, 3.05) is 6.54 Å². The second kappa shape index (κ2) is 8.25. The first kappa shape index (κ1) is 22.7. The summed E-state index contributed by atoms with van der Waals surface area (Å²) in [5.74, 6) is -0.293. The molecule has 0 fully saturated rings. The van der Waals surface area contributed by atoms with Crippen LogP contribution >= 0.6 is 0 Å². The zero-order valence-corrected chi connectivity index (χ0v) is 19.2. The van der Waals surface area contributed by atoms with E-state index in [1.165, 1.54) is 4.90 Å². The molecule has 6 nitrogen and oxygen atoms in total. The van der Waals surface area contributed by atoms with Crippen LogP contribution in [-0.4, -0.2) is 28.4 Å². The Hall–Kier alpha value is -3.02. The van der Waals surface area contributed by atoms with Gasteiger partial charge in [-0.2, -0.15) is 5.11 Å². The fraction of sp³-hybridized carbons (Fsp3) is 0.440. The van der Waals surface area contributed by atoms with Gasteiger partial charge in [0, 0.05) is 12.1 Å². The van der Waals surface area contributed by atoms with Crippen LogP contribution in [0.25, 0.3) is 0 Å². The van der Waals surface area contributed by atoms with Crippen LogP contribution < -0.4 is 0 Å². The van der Waals surface area contributed by atoms with Crippen LogP contribution in [0.15, 0.2) is 46.6 Å². The third-order valence-electron chi connectivity index (χ3n) is 5.44. The lowest BCUT2D eigenvalue weighted by Gasteiger charge is -2.28. The Balaban J connectivity index is 1.72. The standard InChI is InChI=1S/C25H31N3O3/c1-24(2,3)19-11-16(12-20(22(19)30)25(4,5)6)13-26-27-21(29)15-28-14-17-9-7-8-10-18(17)23(28)31/h7-12,30H,13-15H2,1-6H3. The molecule has 2 amide bonds. The summed E-state index contributed by atoms with van der Waals surface area (Å²) in [6, 6.07) is 11.2. The number of carbonyl (C=O) groups is 2. The van der Waals surface area contributed by atoms with E-state index in [2.05, 4.69) is 10.2 Å². The Kier molecular flexibility index (Phi) is 6.03. The molecule has 0 bridgehead atoms. The molecule has 1 N–H and O–H groups in total. The lowest BCUT2D eigenvalue weighted by Crippen LogP contribution is -2.29. The number of aromatic hydroxyl groups is 1. The average molecular weight is 422 g/mol. The minimum atomic E-state index is -0.452. The summed E-state index contributed by atoms with van der Waals surface area (Å²) in [6.45, 7) is 12.9. The minimum Gasteiger partial charge on any atom is -0.507 e.